The molecule has 6 heteroatoms. The lowest BCUT2D eigenvalue weighted by atomic mass is 9.78. The van der Waals surface area contributed by atoms with Gasteiger partial charge in [0.25, 0.3) is 0 Å². The van der Waals surface area contributed by atoms with Gasteiger partial charge in [0.15, 0.2) is 0 Å². The highest BCUT2D eigenvalue weighted by atomic mass is 35.7. The Bertz CT molecular complexity index is 931. The maximum absolute atomic E-state index is 8.60. The summed E-state index contributed by atoms with van der Waals surface area (Å²) in [7, 11) is -2.53. The molecule has 0 amide bonds. The first-order chi connectivity index (χ1) is 13.2. The Labute approximate surface area is 166 Å². The third-order valence-corrected chi connectivity index (χ3v) is 4.96. The molecule has 3 aromatic rings. The highest BCUT2D eigenvalue weighted by molar-refractivity contribution is 5.77. The fourth-order valence-electron chi connectivity index (χ4n) is 3.78. The van der Waals surface area contributed by atoms with E-state index in [1.165, 1.54) is 39.2 Å². The smallest absolute Gasteiger partial charge is 0.0777 e. The summed E-state index contributed by atoms with van der Waals surface area (Å²) in [6, 6.07) is 24.3. The van der Waals surface area contributed by atoms with E-state index >= 15 is 0 Å². The molecule has 0 spiro atoms. The standard InChI is InChI=1S/C22H21N.ClHO4/c1-15-12-13-16(2)19(14-15)22-17-8-4-6-10-20(17)23(3)21-11-7-5-9-18(21)22;2-1(3,4)5/h4-14,22H,1-3H3;(H,2,3,4,5). The molecule has 1 heterocycles. The molecule has 0 aromatic heterocycles. The zero-order valence-electron chi connectivity index (χ0n) is 15.9. The second-order valence-electron chi connectivity index (χ2n) is 6.87. The van der Waals surface area contributed by atoms with Gasteiger partial charge in [-0.1, -0.05) is 60.2 Å². The second kappa shape index (κ2) is 7.91. The number of halogens is 1. The van der Waals surface area contributed by atoms with Crippen molar-refractivity contribution in [3.63, 3.8) is 0 Å². The molecular formula is C22H22ClNO4. The topological polar surface area (TPSA) is 92.7 Å². The van der Waals surface area contributed by atoms with E-state index in [-0.39, 0.29) is 0 Å². The lowest BCUT2D eigenvalue weighted by molar-refractivity contribution is -1.92. The SMILES string of the molecule is Cc1ccc(C)c(C2c3ccccc3N(C)c3ccccc32)c1.[O-][Cl+3]([O-])([O-])O. The van der Waals surface area contributed by atoms with Gasteiger partial charge in [-0.15, -0.1) is 0 Å². The highest BCUT2D eigenvalue weighted by Crippen LogP contribution is 2.48. The van der Waals surface area contributed by atoms with Crippen LogP contribution in [0.2, 0.25) is 0 Å². The first-order valence-electron chi connectivity index (χ1n) is 8.79. The summed E-state index contributed by atoms with van der Waals surface area (Å²) < 4.78 is 32.7. The maximum atomic E-state index is 8.60. The van der Waals surface area contributed by atoms with Crippen molar-refractivity contribution in [2.24, 2.45) is 0 Å². The molecule has 0 fully saturated rings. The van der Waals surface area contributed by atoms with E-state index in [4.69, 9.17) is 18.6 Å². The zero-order valence-corrected chi connectivity index (χ0v) is 16.7. The van der Waals surface area contributed by atoms with Crippen molar-refractivity contribution in [2.75, 3.05) is 11.9 Å². The fraction of sp³-hybridized carbons (Fsp3) is 0.182. The number of anilines is 2. The number of para-hydroxylation sites is 2. The van der Waals surface area contributed by atoms with Crippen molar-refractivity contribution < 1.29 is 28.9 Å². The van der Waals surface area contributed by atoms with Crippen LogP contribution in [0.1, 0.15) is 33.7 Å². The Morgan fingerprint density at radius 2 is 1.25 bits per heavy atom. The molecule has 3 aromatic carbocycles. The number of nitrogens with zero attached hydrogens (tertiary/aromatic N) is 1. The maximum Gasteiger partial charge on any atom is 0.0777 e. The van der Waals surface area contributed by atoms with Crippen molar-refractivity contribution in [3.8, 4) is 0 Å². The van der Waals surface area contributed by atoms with Crippen LogP contribution in [0.25, 0.3) is 0 Å². The third-order valence-electron chi connectivity index (χ3n) is 4.96. The summed E-state index contributed by atoms with van der Waals surface area (Å²) in [4.78, 5) is 2.31. The molecule has 1 N–H and O–H groups in total. The van der Waals surface area contributed by atoms with Gasteiger partial charge in [0, 0.05) is 24.3 Å². The molecule has 1 aliphatic rings. The molecule has 0 bridgehead atoms. The Morgan fingerprint density at radius 1 is 0.786 bits per heavy atom. The first kappa shape index (κ1) is 20.3. The van der Waals surface area contributed by atoms with Gasteiger partial charge in [-0.25, -0.2) is 0 Å². The lowest BCUT2D eigenvalue weighted by Gasteiger charge is -2.36. The number of aryl methyl sites for hydroxylation is 2. The van der Waals surface area contributed by atoms with Crippen molar-refractivity contribution in [2.45, 2.75) is 19.8 Å². The van der Waals surface area contributed by atoms with Gasteiger partial charge in [0.2, 0.25) is 0 Å². The minimum Gasteiger partial charge on any atom is -0.344 e. The van der Waals surface area contributed by atoms with Gasteiger partial charge in [-0.2, -0.15) is 14.0 Å². The molecule has 0 saturated carbocycles. The normalized spacial score (nSPS) is 13.3. The van der Waals surface area contributed by atoms with Crippen LogP contribution >= 0.6 is 0 Å². The minimum atomic E-state index is -4.69. The van der Waals surface area contributed by atoms with Crippen molar-refractivity contribution in [1.29, 1.82) is 0 Å². The van der Waals surface area contributed by atoms with Crippen molar-refractivity contribution in [3.05, 3.63) is 94.5 Å². The molecule has 0 radical (unpaired) electrons. The molecular weight excluding hydrogens is 378 g/mol. The number of hydrogen-bond donors (Lipinski definition) is 1. The quantitative estimate of drug-likeness (QED) is 0.668. The van der Waals surface area contributed by atoms with Gasteiger partial charge >= 0.3 is 0 Å². The second-order valence-corrected chi connectivity index (χ2v) is 7.66. The van der Waals surface area contributed by atoms with Crippen LogP contribution in [0.5, 0.6) is 0 Å². The number of hydrogen-bond acceptors (Lipinski definition) is 5. The Kier molecular flexibility index (Phi) is 5.74. The largest absolute Gasteiger partial charge is 0.344 e. The van der Waals surface area contributed by atoms with Crippen LogP contribution in [-0.4, -0.2) is 11.7 Å². The van der Waals surface area contributed by atoms with Crippen LogP contribution in [0.3, 0.4) is 0 Å². The summed E-state index contributed by atoms with van der Waals surface area (Å²) >= 11 is 0. The van der Waals surface area contributed by atoms with Gasteiger partial charge in [0.1, 0.15) is 0 Å². The number of benzene rings is 3. The Morgan fingerprint density at radius 3 is 1.75 bits per heavy atom. The summed E-state index contributed by atoms with van der Waals surface area (Å²) in [5, 5.41) is 0. The highest BCUT2D eigenvalue weighted by Gasteiger charge is 2.30. The molecule has 146 valence electrons. The molecule has 1 aliphatic heterocycles. The number of rotatable bonds is 1. The monoisotopic (exact) mass is 399 g/mol. The van der Waals surface area contributed by atoms with E-state index in [0.717, 1.165) is 0 Å². The molecule has 28 heavy (non-hydrogen) atoms. The van der Waals surface area contributed by atoms with Gasteiger partial charge in [-0.05, 0) is 48.2 Å². The van der Waals surface area contributed by atoms with Crippen LogP contribution in [0.15, 0.2) is 66.7 Å². The van der Waals surface area contributed by atoms with Crippen LogP contribution in [0, 0.1) is 24.1 Å². The molecule has 0 aliphatic carbocycles. The Hall–Kier alpha value is -2.41. The molecule has 0 saturated heterocycles. The van der Waals surface area contributed by atoms with Crippen LogP contribution < -0.4 is 18.9 Å². The summed E-state index contributed by atoms with van der Waals surface area (Å²) in [5.41, 5.74) is 9.48. The summed E-state index contributed by atoms with van der Waals surface area (Å²) in [5.74, 6) is 0.304. The number of fused-ring (bicyclic) bond motifs is 2. The zero-order chi connectivity index (χ0) is 20.5. The van der Waals surface area contributed by atoms with E-state index in [0.29, 0.717) is 5.92 Å². The lowest BCUT2D eigenvalue weighted by Crippen LogP contribution is -2.58. The average Bonchev–Trinajstić information content (AvgIpc) is 2.63. The van der Waals surface area contributed by atoms with E-state index in [2.05, 4.69) is 92.5 Å². The molecule has 5 nitrogen and oxygen atoms in total. The fourth-order valence-corrected chi connectivity index (χ4v) is 3.78. The van der Waals surface area contributed by atoms with Crippen LogP contribution in [0.4, 0.5) is 11.4 Å². The van der Waals surface area contributed by atoms with Gasteiger partial charge < -0.3 is 4.90 Å². The van der Waals surface area contributed by atoms with E-state index in [1.54, 1.807) is 0 Å². The first-order valence-corrected chi connectivity index (χ1v) is 10.0. The predicted octanol–water partition coefficient (Wildman–Crippen LogP) is 1.44. The third kappa shape index (κ3) is 4.35. The summed E-state index contributed by atoms with van der Waals surface area (Å²) in [6.07, 6.45) is 0. The van der Waals surface area contributed by atoms with E-state index in [9.17, 15) is 0 Å². The van der Waals surface area contributed by atoms with Crippen LogP contribution in [-0.2, 0) is 0 Å². The predicted molar refractivity (Wildman–Crippen MR) is 100 cm³/mol. The van der Waals surface area contributed by atoms with E-state index in [1.807, 2.05) is 0 Å². The minimum absolute atomic E-state index is 0.304. The van der Waals surface area contributed by atoms with E-state index < -0.39 is 10.2 Å². The van der Waals surface area contributed by atoms with Gasteiger partial charge in [-0.3, -0.25) is 0 Å². The van der Waals surface area contributed by atoms with Crippen molar-refractivity contribution in [1.82, 2.24) is 0 Å². The van der Waals surface area contributed by atoms with Gasteiger partial charge in [0.05, 0.1) is 14.9 Å². The average molecular weight is 400 g/mol. The summed E-state index contributed by atoms with van der Waals surface area (Å²) in [6.45, 7) is 4.40. The molecule has 4 rings (SSSR count). The molecule has 0 unspecified atom stereocenters. The van der Waals surface area contributed by atoms with Crippen molar-refractivity contribution >= 4 is 11.4 Å². The molecule has 0 atom stereocenters. The Balaban J connectivity index is 0.000000403.